The van der Waals surface area contributed by atoms with Crippen LogP contribution in [-0.4, -0.2) is 5.38 Å². The molecule has 1 saturated carbocycles. The molecule has 0 bridgehead atoms. The molecule has 1 aliphatic carbocycles. The van der Waals surface area contributed by atoms with Crippen LogP contribution in [0.4, 0.5) is 0 Å². The van der Waals surface area contributed by atoms with Crippen molar-refractivity contribution >= 4 is 11.6 Å². The van der Waals surface area contributed by atoms with E-state index in [1.54, 1.807) is 0 Å². The first-order valence-corrected chi connectivity index (χ1v) is 5.78. The summed E-state index contributed by atoms with van der Waals surface area (Å²) in [7, 11) is 0. The molecular weight excluding hydrogens is 168 g/mol. The summed E-state index contributed by atoms with van der Waals surface area (Å²) in [6.07, 6.45) is 5.26. The number of rotatable bonds is 3. The van der Waals surface area contributed by atoms with Crippen molar-refractivity contribution in [3.63, 3.8) is 0 Å². The van der Waals surface area contributed by atoms with Gasteiger partial charge in [0.2, 0.25) is 0 Å². The van der Waals surface area contributed by atoms with Crippen LogP contribution in [0.25, 0.3) is 0 Å². The molecule has 0 saturated heterocycles. The topological polar surface area (TPSA) is 0 Å². The zero-order valence-corrected chi connectivity index (χ0v) is 9.27. The first kappa shape index (κ1) is 10.4. The predicted octanol–water partition coefficient (Wildman–Crippen LogP) is 4.08. The van der Waals surface area contributed by atoms with Gasteiger partial charge in [0.25, 0.3) is 0 Å². The Morgan fingerprint density at radius 2 is 1.83 bits per heavy atom. The van der Waals surface area contributed by atoms with Crippen LogP contribution in [0.5, 0.6) is 0 Å². The van der Waals surface area contributed by atoms with Crippen LogP contribution >= 0.6 is 11.6 Å². The van der Waals surface area contributed by atoms with Crippen LogP contribution in [0, 0.1) is 17.8 Å². The highest BCUT2D eigenvalue weighted by Gasteiger charge is 2.34. The lowest BCUT2D eigenvalue weighted by atomic mass is 9.81. The van der Waals surface area contributed by atoms with Gasteiger partial charge >= 0.3 is 0 Å². The zero-order chi connectivity index (χ0) is 9.14. The second-order valence-corrected chi connectivity index (χ2v) is 4.75. The normalized spacial score (nSPS) is 36.2. The van der Waals surface area contributed by atoms with Crippen molar-refractivity contribution in [1.82, 2.24) is 0 Å². The number of hydrogen-bond acceptors (Lipinski definition) is 0. The van der Waals surface area contributed by atoms with Crippen molar-refractivity contribution in [3.05, 3.63) is 0 Å². The summed E-state index contributed by atoms with van der Waals surface area (Å²) >= 11 is 6.22. The van der Waals surface area contributed by atoms with E-state index in [2.05, 4.69) is 20.8 Å². The molecule has 0 nitrogen and oxygen atoms in total. The molecule has 0 aromatic heterocycles. The van der Waals surface area contributed by atoms with E-state index in [-0.39, 0.29) is 0 Å². The fourth-order valence-electron chi connectivity index (χ4n) is 2.70. The molecule has 12 heavy (non-hydrogen) atoms. The lowest BCUT2D eigenvalue weighted by Crippen LogP contribution is -2.19. The van der Waals surface area contributed by atoms with Gasteiger partial charge in [-0.3, -0.25) is 0 Å². The number of halogens is 1. The van der Waals surface area contributed by atoms with E-state index in [0.29, 0.717) is 5.38 Å². The van der Waals surface area contributed by atoms with Crippen LogP contribution < -0.4 is 0 Å². The molecule has 0 amide bonds. The minimum absolute atomic E-state index is 0.454. The molecule has 0 aliphatic heterocycles. The smallest absolute Gasteiger partial charge is 0.0364 e. The van der Waals surface area contributed by atoms with Crippen molar-refractivity contribution in [1.29, 1.82) is 0 Å². The Kier molecular flexibility index (Phi) is 3.89. The number of hydrogen-bond donors (Lipinski definition) is 0. The van der Waals surface area contributed by atoms with Crippen molar-refractivity contribution in [2.75, 3.05) is 0 Å². The third-order valence-electron chi connectivity index (χ3n) is 3.68. The molecule has 1 aliphatic rings. The fraction of sp³-hybridized carbons (Fsp3) is 1.00. The molecule has 0 aromatic carbocycles. The van der Waals surface area contributed by atoms with Crippen molar-refractivity contribution < 1.29 is 0 Å². The van der Waals surface area contributed by atoms with Gasteiger partial charge in [-0.25, -0.2) is 0 Å². The fourth-order valence-corrected chi connectivity index (χ4v) is 3.02. The van der Waals surface area contributed by atoms with Gasteiger partial charge in [-0.15, -0.1) is 11.6 Å². The third-order valence-corrected chi connectivity index (χ3v) is 4.29. The molecule has 3 unspecified atom stereocenters. The Labute approximate surface area is 81.7 Å². The van der Waals surface area contributed by atoms with Crippen molar-refractivity contribution in [2.24, 2.45) is 17.8 Å². The Morgan fingerprint density at radius 3 is 2.17 bits per heavy atom. The van der Waals surface area contributed by atoms with Gasteiger partial charge in [0, 0.05) is 5.38 Å². The Balaban J connectivity index is 2.51. The van der Waals surface area contributed by atoms with E-state index < -0.39 is 0 Å². The monoisotopic (exact) mass is 188 g/mol. The average Bonchev–Trinajstić information content (AvgIpc) is 2.38. The summed E-state index contributed by atoms with van der Waals surface area (Å²) in [5.74, 6) is 2.57. The summed E-state index contributed by atoms with van der Waals surface area (Å²) in [6, 6.07) is 0. The molecule has 0 spiro atoms. The van der Waals surface area contributed by atoms with E-state index in [1.165, 1.54) is 25.7 Å². The van der Waals surface area contributed by atoms with Gasteiger partial charge in [0.05, 0.1) is 0 Å². The highest BCUT2D eigenvalue weighted by molar-refractivity contribution is 6.20. The van der Waals surface area contributed by atoms with E-state index >= 15 is 0 Å². The molecular formula is C11H21Cl. The zero-order valence-electron chi connectivity index (χ0n) is 8.52. The largest absolute Gasteiger partial charge is 0.123 e. The van der Waals surface area contributed by atoms with Crippen LogP contribution in [0.3, 0.4) is 0 Å². The van der Waals surface area contributed by atoms with Gasteiger partial charge in [-0.1, -0.05) is 33.6 Å². The maximum atomic E-state index is 6.22. The molecule has 0 aromatic rings. The third kappa shape index (κ3) is 1.96. The second-order valence-electron chi connectivity index (χ2n) is 4.19. The Hall–Kier alpha value is 0.290. The number of alkyl halides is 1. The molecule has 1 heteroatoms. The van der Waals surface area contributed by atoms with Crippen LogP contribution in [0.15, 0.2) is 0 Å². The van der Waals surface area contributed by atoms with Gasteiger partial charge in [-0.2, -0.15) is 0 Å². The molecule has 0 heterocycles. The summed E-state index contributed by atoms with van der Waals surface area (Å²) in [6.45, 7) is 6.94. The SMILES string of the molecule is CCC(CC)C1CCC(Cl)C1C. The van der Waals surface area contributed by atoms with Gasteiger partial charge < -0.3 is 0 Å². The van der Waals surface area contributed by atoms with E-state index in [4.69, 9.17) is 11.6 Å². The molecule has 3 atom stereocenters. The molecule has 72 valence electrons. The summed E-state index contributed by atoms with van der Waals surface area (Å²) in [5.41, 5.74) is 0. The predicted molar refractivity (Wildman–Crippen MR) is 55.6 cm³/mol. The first-order chi connectivity index (χ1) is 5.70. The lowest BCUT2D eigenvalue weighted by Gasteiger charge is -2.25. The van der Waals surface area contributed by atoms with Gasteiger partial charge in [-0.05, 0) is 30.6 Å². The molecule has 1 rings (SSSR count). The molecule has 0 radical (unpaired) electrons. The lowest BCUT2D eigenvalue weighted by molar-refractivity contribution is 0.261. The first-order valence-electron chi connectivity index (χ1n) is 5.34. The quantitative estimate of drug-likeness (QED) is 0.586. The molecule has 1 fully saturated rings. The maximum Gasteiger partial charge on any atom is 0.0364 e. The summed E-state index contributed by atoms with van der Waals surface area (Å²) in [4.78, 5) is 0. The Morgan fingerprint density at radius 1 is 1.25 bits per heavy atom. The average molecular weight is 189 g/mol. The minimum atomic E-state index is 0.454. The van der Waals surface area contributed by atoms with Crippen molar-refractivity contribution in [2.45, 2.75) is 51.8 Å². The van der Waals surface area contributed by atoms with Gasteiger partial charge in [0.15, 0.2) is 0 Å². The standard InChI is InChI=1S/C11H21Cl/c1-4-9(5-2)10-6-7-11(12)8(10)3/h8-11H,4-7H2,1-3H3. The van der Waals surface area contributed by atoms with Crippen molar-refractivity contribution in [3.8, 4) is 0 Å². The second kappa shape index (κ2) is 4.50. The summed E-state index contributed by atoms with van der Waals surface area (Å²) < 4.78 is 0. The molecule has 0 N–H and O–H groups in total. The van der Waals surface area contributed by atoms with Crippen LogP contribution in [-0.2, 0) is 0 Å². The maximum absolute atomic E-state index is 6.22. The van der Waals surface area contributed by atoms with Crippen LogP contribution in [0.2, 0.25) is 0 Å². The minimum Gasteiger partial charge on any atom is -0.123 e. The highest BCUT2D eigenvalue weighted by atomic mass is 35.5. The summed E-state index contributed by atoms with van der Waals surface area (Å²) in [5, 5.41) is 0.454. The van der Waals surface area contributed by atoms with Gasteiger partial charge in [0.1, 0.15) is 0 Å². The van der Waals surface area contributed by atoms with Crippen LogP contribution in [0.1, 0.15) is 46.5 Å². The van der Waals surface area contributed by atoms with E-state index in [0.717, 1.165) is 17.8 Å². The van der Waals surface area contributed by atoms with E-state index in [9.17, 15) is 0 Å². The highest BCUT2D eigenvalue weighted by Crippen LogP contribution is 2.41. The Bertz CT molecular complexity index is 129. The van der Waals surface area contributed by atoms with E-state index in [1.807, 2.05) is 0 Å².